The van der Waals surface area contributed by atoms with Gasteiger partial charge in [0.15, 0.2) is 0 Å². The molecule has 1 saturated heterocycles. The quantitative estimate of drug-likeness (QED) is 0.686. The summed E-state index contributed by atoms with van der Waals surface area (Å²) in [5.74, 6) is 0.401. The van der Waals surface area contributed by atoms with E-state index in [9.17, 15) is 0 Å². The highest BCUT2D eigenvalue weighted by Crippen LogP contribution is 2.45. The van der Waals surface area contributed by atoms with Gasteiger partial charge in [-0.15, -0.1) is 0 Å². The molecular weight excluding hydrogens is 176 g/mol. The number of rotatable bonds is 2. The maximum Gasteiger partial charge on any atom is 0.0892 e. The Kier molecular flexibility index (Phi) is 2.93. The van der Waals surface area contributed by atoms with Crippen LogP contribution in [0.1, 0.15) is 38.5 Å². The van der Waals surface area contributed by atoms with E-state index in [1.807, 2.05) is 0 Å². The Morgan fingerprint density at radius 1 is 1.36 bits per heavy atom. The Morgan fingerprint density at radius 2 is 2.07 bits per heavy atom. The van der Waals surface area contributed by atoms with E-state index in [0.29, 0.717) is 5.92 Å². The van der Waals surface area contributed by atoms with Crippen LogP contribution in [0.2, 0.25) is 0 Å². The van der Waals surface area contributed by atoms with E-state index in [0.717, 1.165) is 25.9 Å². The number of hydrogen-bond acceptors (Lipinski definition) is 2. The van der Waals surface area contributed by atoms with Crippen molar-refractivity contribution in [3.63, 3.8) is 0 Å². The molecule has 0 radical (unpaired) electrons. The van der Waals surface area contributed by atoms with Gasteiger partial charge in [-0.05, 0) is 24.8 Å². The van der Waals surface area contributed by atoms with Crippen LogP contribution in [0.15, 0.2) is 12.2 Å². The zero-order chi connectivity index (χ0) is 10.0. The Hall–Kier alpha value is -0.340. The van der Waals surface area contributed by atoms with Gasteiger partial charge in [0.25, 0.3) is 0 Å². The Labute approximate surface area is 86.0 Å². The maximum atomic E-state index is 8.93. The second-order valence-electron chi connectivity index (χ2n) is 4.60. The van der Waals surface area contributed by atoms with Crippen molar-refractivity contribution in [2.75, 3.05) is 13.2 Å². The number of hydrogen-bond donors (Lipinski definition) is 1. The summed E-state index contributed by atoms with van der Waals surface area (Å²) in [5, 5.41) is 8.93. The lowest BCUT2D eigenvalue weighted by molar-refractivity contribution is -0.00696. The predicted molar refractivity (Wildman–Crippen MR) is 56.1 cm³/mol. The highest BCUT2D eigenvalue weighted by molar-refractivity contribution is 5.21. The monoisotopic (exact) mass is 196 g/mol. The van der Waals surface area contributed by atoms with Crippen LogP contribution in [-0.4, -0.2) is 23.9 Å². The average molecular weight is 196 g/mol. The van der Waals surface area contributed by atoms with Gasteiger partial charge in [0.05, 0.1) is 12.2 Å². The van der Waals surface area contributed by atoms with E-state index in [4.69, 9.17) is 9.84 Å². The second-order valence-corrected chi connectivity index (χ2v) is 4.60. The van der Waals surface area contributed by atoms with Crippen LogP contribution >= 0.6 is 0 Å². The summed E-state index contributed by atoms with van der Waals surface area (Å²) in [6, 6.07) is 0. The molecule has 2 nitrogen and oxygen atoms in total. The van der Waals surface area contributed by atoms with Crippen molar-refractivity contribution in [2.24, 2.45) is 5.92 Å². The topological polar surface area (TPSA) is 29.5 Å². The fourth-order valence-electron chi connectivity index (χ4n) is 2.83. The molecule has 1 heterocycles. The van der Waals surface area contributed by atoms with Crippen molar-refractivity contribution < 1.29 is 9.84 Å². The summed E-state index contributed by atoms with van der Waals surface area (Å²) in [6.45, 7) is 5.23. The summed E-state index contributed by atoms with van der Waals surface area (Å²) in [4.78, 5) is 0. The lowest BCUT2D eigenvalue weighted by Crippen LogP contribution is -2.32. The van der Waals surface area contributed by atoms with Gasteiger partial charge in [0, 0.05) is 12.5 Å². The van der Waals surface area contributed by atoms with Gasteiger partial charge < -0.3 is 9.84 Å². The van der Waals surface area contributed by atoms with E-state index < -0.39 is 0 Å². The summed E-state index contributed by atoms with van der Waals surface area (Å²) in [7, 11) is 0. The minimum Gasteiger partial charge on any atom is -0.396 e. The molecule has 0 aromatic heterocycles. The normalized spacial score (nSPS) is 31.2. The highest BCUT2D eigenvalue weighted by Gasteiger charge is 2.43. The highest BCUT2D eigenvalue weighted by atomic mass is 16.5. The fourth-order valence-corrected chi connectivity index (χ4v) is 2.83. The van der Waals surface area contributed by atoms with Crippen LogP contribution in [0.5, 0.6) is 0 Å². The molecular formula is C12H20O2. The van der Waals surface area contributed by atoms with Crippen molar-refractivity contribution in [1.29, 1.82) is 0 Å². The molecule has 1 N–H and O–H groups in total. The van der Waals surface area contributed by atoms with Crippen molar-refractivity contribution >= 4 is 0 Å². The van der Waals surface area contributed by atoms with Crippen LogP contribution in [0.4, 0.5) is 0 Å². The van der Waals surface area contributed by atoms with Crippen LogP contribution in [-0.2, 0) is 4.74 Å². The second kappa shape index (κ2) is 4.03. The van der Waals surface area contributed by atoms with Gasteiger partial charge in [0.1, 0.15) is 0 Å². The van der Waals surface area contributed by atoms with Gasteiger partial charge in [-0.3, -0.25) is 0 Å². The van der Waals surface area contributed by atoms with Gasteiger partial charge >= 0.3 is 0 Å². The van der Waals surface area contributed by atoms with Gasteiger partial charge in [0.2, 0.25) is 0 Å². The van der Waals surface area contributed by atoms with Gasteiger partial charge in [-0.25, -0.2) is 0 Å². The molecule has 0 amide bonds. The van der Waals surface area contributed by atoms with Crippen LogP contribution in [0.25, 0.3) is 0 Å². The average Bonchev–Trinajstić information content (AvgIpc) is 2.50. The van der Waals surface area contributed by atoms with Crippen molar-refractivity contribution in [1.82, 2.24) is 0 Å². The van der Waals surface area contributed by atoms with E-state index in [-0.39, 0.29) is 12.2 Å². The third-order valence-corrected chi connectivity index (χ3v) is 3.78. The zero-order valence-electron chi connectivity index (χ0n) is 8.80. The molecule has 0 bridgehead atoms. The van der Waals surface area contributed by atoms with E-state index >= 15 is 0 Å². The minimum atomic E-state index is -0.00190. The molecule has 2 heteroatoms. The number of ether oxygens (including phenoxy) is 1. The largest absolute Gasteiger partial charge is 0.396 e. The minimum absolute atomic E-state index is 0.00190. The van der Waals surface area contributed by atoms with E-state index in [2.05, 4.69) is 6.58 Å². The molecule has 1 saturated carbocycles. The molecule has 2 aliphatic rings. The molecule has 1 aliphatic heterocycles. The Balaban J connectivity index is 2.04. The molecule has 1 unspecified atom stereocenters. The summed E-state index contributed by atoms with van der Waals surface area (Å²) in [5.41, 5.74) is 1.25. The standard InChI is InChI=1S/C12H20O2/c1-10-11(5-8-13)9-14-12(10)6-3-2-4-7-12/h11,13H,1-9H2. The third-order valence-electron chi connectivity index (χ3n) is 3.78. The van der Waals surface area contributed by atoms with Crippen molar-refractivity contribution in [2.45, 2.75) is 44.1 Å². The van der Waals surface area contributed by atoms with Crippen LogP contribution in [0, 0.1) is 5.92 Å². The Morgan fingerprint density at radius 3 is 2.71 bits per heavy atom. The summed E-state index contributed by atoms with van der Waals surface area (Å²) in [6.07, 6.45) is 6.99. The van der Waals surface area contributed by atoms with Crippen LogP contribution in [0.3, 0.4) is 0 Å². The fraction of sp³-hybridized carbons (Fsp3) is 0.833. The smallest absolute Gasteiger partial charge is 0.0892 e. The zero-order valence-corrected chi connectivity index (χ0v) is 8.80. The molecule has 14 heavy (non-hydrogen) atoms. The lowest BCUT2D eigenvalue weighted by Gasteiger charge is -2.34. The maximum absolute atomic E-state index is 8.93. The predicted octanol–water partition coefficient (Wildman–Crippen LogP) is 2.27. The number of aliphatic hydroxyl groups is 1. The van der Waals surface area contributed by atoms with E-state index in [1.54, 1.807) is 0 Å². The first-order valence-corrected chi connectivity index (χ1v) is 5.72. The Bertz CT molecular complexity index is 216. The van der Waals surface area contributed by atoms with Crippen molar-refractivity contribution in [3.05, 3.63) is 12.2 Å². The summed E-state index contributed by atoms with van der Waals surface area (Å²) >= 11 is 0. The third kappa shape index (κ3) is 1.61. The summed E-state index contributed by atoms with van der Waals surface area (Å²) < 4.78 is 5.95. The lowest BCUT2D eigenvalue weighted by atomic mass is 9.77. The molecule has 2 fully saturated rings. The van der Waals surface area contributed by atoms with Gasteiger partial charge in [-0.1, -0.05) is 25.8 Å². The first-order chi connectivity index (χ1) is 6.78. The SMILES string of the molecule is C=C1C(CCO)COC12CCCCC2. The van der Waals surface area contributed by atoms with Crippen molar-refractivity contribution in [3.8, 4) is 0 Å². The van der Waals surface area contributed by atoms with Crippen LogP contribution < -0.4 is 0 Å². The first kappa shape index (κ1) is 10.2. The molecule has 1 aliphatic carbocycles. The molecule has 1 atom stereocenters. The first-order valence-electron chi connectivity index (χ1n) is 5.72. The molecule has 80 valence electrons. The molecule has 0 aromatic carbocycles. The molecule has 0 aromatic rings. The number of aliphatic hydroxyl groups excluding tert-OH is 1. The molecule has 1 spiro atoms. The van der Waals surface area contributed by atoms with E-state index in [1.165, 1.54) is 24.8 Å². The molecule has 2 rings (SSSR count). The van der Waals surface area contributed by atoms with Gasteiger partial charge in [-0.2, -0.15) is 0 Å².